The Bertz CT molecular complexity index is 930. The molecule has 1 aliphatic rings. The average molecular weight is 381 g/mol. The number of halogens is 2. The molecule has 1 aliphatic carbocycles. The van der Waals surface area contributed by atoms with E-state index >= 15 is 0 Å². The molecule has 0 fully saturated rings. The second-order valence-electron chi connectivity index (χ2n) is 7.21. The normalized spacial score (nSPS) is 13.4. The van der Waals surface area contributed by atoms with E-state index in [0.717, 1.165) is 41.3 Å². The zero-order valence-corrected chi connectivity index (χ0v) is 16.3. The third-order valence-corrected chi connectivity index (χ3v) is 5.17. The minimum Gasteiger partial charge on any atom is -0.312 e. The lowest BCUT2D eigenvalue weighted by molar-refractivity contribution is -0.117. The molecule has 0 aliphatic heterocycles. The topological polar surface area (TPSA) is 20.3 Å². The third kappa shape index (κ3) is 4.75. The van der Waals surface area contributed by atoms with E-state index in [9.17, 15) is 13.6 Å². The molecule has 2 aromatic carbocycles. The van der Waals surface area contributed by atoms with Crippen molar-refractivity contribution in [3.8, 4) is 0 Å². The number of allylic oxidation sites excluding steroid dienone is 3. The van der Waals surface area contributed by atoms with E-state index in [0.29, 0.717) is 13.0 Å². The van der Waals surface area contributed by atoms with Crippen LogP contribution in [0, 0.1) is 25.5 Å². The number of hydrogen-bond acceptors (Lipinski definition) is 1. The van der Waals surface area contributed by atoms with E-state index in [1.54, 1.807) is 11.0 Å². The van der Waals surface area contributed by atoms with Crippen LogP contribution in [0.15, 0.2) is 60.2 Å². The quantitative estimate of drug-likeness (QED) is 0.617. The van der Waals surface area contributed by atoms with Gasteiger partial charge in [0.15, 0.2) is 11.6 Å². The third-order valence-electron chi connectivity index (χ3n) is 5.17. The van der Waals surface area contributed by atoms with Crippen LogP contribution in [-0.2, 0) is 11.2 Å². The van der Waals surface area contributed by atoms with Gasteiger partial charge in [0.05, 0.1) is 6.42 Å². The molecule has 2 nitrogen and oxygen atoms in total. The molecule has 28 heavy (non-hydrogen) atoms. The molecule has 0 N–H and O–H groups in total. The summed E-state index contributed by atoms with van der Waals surface area (Å²) in [7, 11) is 0. The van der Waals surface area contributed by atoms with E-state index in [2.05, 4.69) is 12.2 Å². The van der Waals surface area contributed by atoms with Gasteiger partial charge in [0.2, 0.25) is 5.91 Å². The molecular weight excluding hydrogens is 356 g/mol. The van der Waals surface area contributed by atoms with Crippen LogP contribution >= 0.6 is 0 Å². The summed E-state index contributed by atoms with van der Waals surface area (Å²) in [5.74, 6) is -1.75. The first-order chi connectivity index (χ1) is 13.5. The first-order valence-electron chi connectivity index (χ1n) is 9.62. The highest BCUT2D eigenvalue weighted by Crippen LogP contribution is 2.23. The molecule has 146 valence electrons. The average Bonchev–Trinajstić information content (AvgIpc) is 2.68. The van der Waals surface area contributed by atoms with Crippen LogP contribution in [0.4, 0.5) is 14.5 Å². The summed E-state index contributed by atoms with van der Waals surface area (Å²) >= 11 is 0. The Morgan fingerprint density at radius 2 is 1.89 bits per heavy atom. The highest BCUT2D eigenvalue weighted by atomic mass is 19.2. The van der Waals surface area contributed by atoms with E-state index in [1.165, 1.54) is 6.07 Å². The van der Waals surface area contributed by atoms with Crippen LogP contribution in [0.1, 0.15) is 36.0 Å². The molecule has 0 unspecified atom stereocenters. The molecule has 0 saturated heterocycles. The standard InChI is InChI=1S/C24H25F2NO/c1-17-11-12-21(15-18(17)2)27(23(28)16-19-7-4-3-5-8-19)14-13-20-9-6-10-22(25)24(20)26/h4,6-12,15H,3,5,13-14,16H2,1-2H3. The van der Waals surface area contributed by atoms with Gasteiger partial charge in [0.25, 0.3) is 0 Å². The number of benzene rings is 2. The van der Waals surface area contributed by atoms with Crippen LogP contribution in [0.3, 0.4) is 0 Å². The van der Waals surface area contributed by atoms with Gasteiger partial charge in [0, 0.05) is 12.2 Å². The van der Waals surface area contributed by atoms with E-state index in [-0.39, 0.29) is 17.9 Å². The summed E-state index contributed by atoms with van der Waals surface area (Å²) in [6.45, 7) is 4.31. The predicted molar refractivity (Wildman–Crippen MR) is 109 cm³/mol. The van der Waals surface area contributed by atoms with Crippen LogP contribution in [0.25, 0.3) is 0 Å². The van der Waals surface area contributed by atoms with Crippen molar-refractivity contribution < 1.29 is 13.6 Å². The molecular formula is C24H25F2NO. The Labute approximate surface area is 165 Å². The molecule has 0 bridgehead atoms. The van der Waals surface area contributed by atoms with Crippen molar-refractivity contribution in [1.29, 1.82) is 0 Å². The fourth-order valence-corrected chi connectivity index (χ4v) is 3.33. The van der Waals surface area contributed by atoms with Crippen molar-refractivity contribution in [3.05, 3.63) is 88.5 Å². The Kier molecular flexibility index (Phi) is 6.40. The zero-order chi connectivity index (χ0) is 20.1. The zero-order valence-electron chi connectivity index (χ0n) is 16.3. The summed E-state index contributed by atoms with van der Waals surface area (Å²) in [6, 6.07) is 10.0. The van der Waals surface area contributed by atoms with Gasteiger partial charge >= 0.3 is 0 Å². The van der Waals surface area contributed by atoms with Gasteiger partial charge in [-0.25, -0.2) is 8.78 Å². The molecule has 2 aromatic rings. The number of carbonyl (C=O) groups is 1. The second-order valence-corrected chi connectivity index (χ2v) is 7.21. The summed E-state index contributed by atoms with van der Waals surface area (Å²) in [5, 5.41) is 0. The monoisotopic (exact) mass is 381 g/mol. The SMILES string of the molecule is Cc1ccc(N(CCc2cccc(F)c2F)C(=O)CC2=CCCC=C2)cc1C. The maximum atomic E-state index is 14.0. The van der Waals surface area contributed by atoms with E-state index < -0.39 is 11.6 Å². The molecule has 0 aromatic heterocycles. The van der Waals surface area contributed by atoms with Crippen LogP contribution < -0.4 is 4.90 Å². The molecule has 0 saturated carbocycles. The summed E-state index contributed by atoms with van der Waals surface area (Å²) in [4.78, 5) is 14.7. The van der Waals surface area contributed by atoms with Crippen LogP contribution in [0.2, 0.25) is 0 Å². The lowest BCUT2D eigenvalue weighted by atomic mass is 10.0. The fourth-order valence-electron chi connectivity index (χ4n) is 3.33. The largest absolute Gasteiger partial charge is 0.312 e. The fraction of sp³-hybridized carbons (Fsp3) is 0.292. The highest BCUT2D eigenvalue weighted by molar-refractivity contribution is 5.95. The van der Waals surface area contributed by atoms with E-state index in [4.69, 9.17) is 0 Å². The summed E-state index contributed by atoms with van der Waals surface area (Å²) in [5.41, 5.74) is 4.29. The molecule has 0 heterocycles. The van der Waals surface area contributed by atoms with Gasteiger partial charge < -0.3 is 4.90 Å². The van der Waals surface area contributed by atoms with Crippen molar-refractivity contribution in [2.75, 3.05) is 11.4 Å². The maximum Gasteiger partial charge on any atom is 0.231 e. The Morgan fingerprint density at radius 1 is 1.07 bits per heavy atom. The number of aryl methyl sites for hydroxylation is 2. The molecule has 3 rings (SSSR count). The van der Waals surface area contributed by atoms with Gasteiger partial charge in [-0.2, -0.15) is 0 Å². The van der Waals surface area contributed by atoms with Gasteiger partial charge in [0.1, 0.15) is 0 Å². The Hall–Kier alpha value is -2.75. The van der Waals surface area contributed by atoms with E-state index in [1.807, 2.05) is 38.1 Å². The number of nitrogens with zero attached hydrogens (tertiary/aromatic N) is 1. The molecule has 4 heteroatoms. The summed E-state index contributed by atoms with van der Waals surface area (Å²) < 4.78 is 27.6. The lowest BCUT2D eigenvalue weighted by Gasteiger charge is -2.24. The van der Waals surface area contributed by atoms with Gasteiger partial charge in [-0.05, 0) is 73.6 Å². The number of carbonyl (C=O) groups excluding carboxylic acids is 1. The van der Waals surface area contributed by atoms with Crippen LogP contribution in [-0.4, -0.2) is 12.5 Å². The highest BCUT2D eigenvalue weighted by Gasteiger charge is 2.19. The summed E-state index contributed by atoms with van der Waals surface area (Å²) in [6.07, 6.45) is 8.64. The predicted octanol–water partition coefficient (Wildman–Crippen LogP) is 5.82. The number of hydrogen-bond donors (Lipinski definition) is 0. The van der Waals surface area contributed by atoms with Crippen molar-refractivity contribution in [2.45, 2.75) is 39.5 Å². The molecule has 1 amide bonds. The van der Waals surface area contributed by atoms with Gasteiger partial charge in [-0.15, -0.1) is 0 Å². The lowest BCUT2D eigenvalue weighted by Crippen LogP contribution is -2.33. The Balaban J connectivity index is 1.84. The first kappa shape index (κ1) is 20.0. The van der Waals surface area contributed by atoms with Crippen LogP contribution in [0.5, 0.6) is 0 Å². The molecule has 0 spiro atoms. The number of rotatable bonds is 6. The Morgan fingerprint density at radius 3 is 2.61 bits per heavy atom. The number of anilines is 1. The van der Waals surface area contributed by atoms with Crippen molar-refractivity contribution in [1.82, 2.24) is 0 Å². The number of amides is 1. The first-order valence-corrected chi connectivity index (χ1v) is 9.62. The van der Waals surface area contributed by atoms with Gasteiger partial charge in [-0.3, -0.25) is 4.79 Å². The van der Waals surface area contributed by atoms with Crippen molar-refractivity contribution in [3.63, 3.8) is 0 Å². The van der Waals surface area contributed by atoms with Crippen molar-refractivity contribution >= 4 is 11.6 Å². The van der Waals surface area contributed by atoms with Crippen molar-refractivity contribution in [2.24, 2.45) is 0 Å². The maximum absolute atomic E-state index is 14.0. The smallest absolute Gasteiger partial charge is 0.231 e. The molecule has 0 radical (unpaired) electrons. The van der Waals surface area contributed by atoms with Gasteiger partial charge in [-0.1, -0.05) is 36.4 Å². The second kappa shape index (κ2) is 8.96. The minimum atomic E-state index is -0.862. The minimum absolute atomic E-state index is 0.0436. The molecule has 0 atom stereocenters.